The first-order chi connectivity index (χ1) is 10.3. The van der Waals surface area contributed by atoms with Gasteiger partial charge in [0, 0.05) is 0 Å². The number of isocyanates is 1. The molecule has 1 unspecified atom stereocenters. The molecule has 0 rings (SSSR count). The molecule has 122 valence electrons. The standard InChI is InChI=1S/C18H33NO2/c1-2-3-4-5-6-7-8-9-10-11-12-13-14-15-18(16-20)19-17-21/h16,18H,2-15H2,1H3. The molecule has 0 radical (unpaired) electrons. The second kappa shape index (κ2) is 17.1. The minimum Gasteiger partial charge on any atom is -0.301 e. The van der Waals surface area contributed by atoms with Crippen molar-refractivity contribution >= 4 is 12.4 Å². The van der Waals surface area contributed by atoms with Crippen LogP contribution in [0.3, 0.4) is 0 Å². The topological polar surface area (TPSA) is 46.5 Å². The van der Waals surface area contributed by atoms with Crippen LogP contribution < -0.4 is 0 Å². The van der Waals surface area contributed by atoms with Crippen LogP contribution in [0.4, 0.5) is 0 Å². The molecule has 0 saturated carbocycles. The number of hydrogen-bond acceptors (Lipinski definition) is 3. The van der Waals surface area contributed by atoms with Gasteiger partial charge in [0.2, 0.25) is 6.08 Å². The Morgan fingerprint density at radius 2 is 1.24 bits per heavy atom. The van der Waals surface area contributed by atoms with Crippen LogP contribution in [0.2, 0.25) is 0 Å². The average molecular weight is 295 g/mol. The highest BCUT2D eigenvalue weighted by atomic mass is 16.1. The van der Waals surface area contributed by atoms with Crippen molar-refractivity contribution in [2.75, 3.05) is 0 Å². The Hall–Kier alpha value is -0.950. The van der Waals surface area contributed by atoms with Crippen molar-refractivity contribution < 1.29 is 9.59 Å². The van der Waals surface area contributed by atoms with Crippen molar-refractivity contribution in [3.05, 3.63) is 0 Å². The van der Waals surface area contributed by atoms with Gasteiger partial charge in [0.05, 0.1) is 0 Å². The van der Waals surface area contributed by atoms with E-state index in [1.54, 1.807) is 0 Å². The van der Waals surface area contributed by atoms with Gasteiger partial charge in [-0.15, -0.1) is 0 Å². The molecular formula is C18H33NO2. The van der Waals surface area contributed by atoms with Gasteiger partial charge in [-0.05, 0) is 6.42 Å². The molecule has 0 aliphatic heterocycles. The predicted molar refractivity (Wildman–Crippen MR) is 88.3 cm³/mol. The minimum absolute atomic E-state index is 0.463. The van der Waals surface area contributed by atoms with E-state index < -0.39 is 6.04 Å². The molecule has 0 aromatic rings. The number of rotatable bonds is 16. The summed E-state index contributed by atoms with van der Waals surface area (Å²) in [4.78, 5) is 24.1. The molecule has 0 aliphatic rings. The van der Waals surface area contributed by atoms with Gasteiger partial charge in [0.15, 0.2) is 0 Å². The van der Waals surface area contributed by atoms with Gasteiger partial charge in [0.1, 0.15) is 12.3 Å². The number of unbranched alkanes of at least 4 members (excludes halogenated alkanes) is 12. The molecule has 3 nitrogen and oxygen atoms in total. The summed E-state index contributed by atoms with van der Waals surface area (Å²) in [5.41, 5.74) is 0. The molecule has 0 aromatic heterocycles. The molecule has 1 atom stereocenters. The fourth-order valence-corrected chi connectivity index (χ4v) is 2.60. The third-order valence-corrected chi connectivity index (χ3v) is 3.98. The van der Waals surface area contributed by atoms with Crippen LogP contribution in [0.15, 0.2) is 4.99 Å². The summed E-state index contributed by atoms with van der Waals surface area (Å²) in [6.45, 7) is 2.26. The summed E-state index contributed by atoms with van der Waals surface area (Å²) in [5, 5.41) is 0. The lowest BCUT2D eigenvalue weighted by molar-refractivity contribution is -0.109. The highest BCUT2D eigenvalue weighted by Gasteiger charge is 2.03. The Kier molecular flexibility index (Phi) is 16.3. The zero-order valence-electron chi connectivity index (χ0n) is 13.8. The Balaban J connectivity index is 3.15. The van der Waals surface area contributed by atoms with Gasteiger partial charge in [-0.2, -0.15) is 4.99 Å². The predicted octanol–water partition coefficient (Wildman–Crippen LogP) is 5.37. The second-order valence-corrected chi connectivity index (χ2v) is 5.96. The van der Waals surface area contributed by atoms with Crippen molar-refractivity contribution in [3.8, 4) is 0 Å². The fourth-order valence-electron chi connectivity index (χ4n) is 2.60. The number of carbonyl (C=O) groups is 1. The minimum atomic E-state index is -0.463. The smallest absolute Gasteiger partial charge is 0.235 e. The summed E-state index contributed by atoms with van der Waals surface area (Å²) in [7, 11) is 0. The summed E-state index contributed by atoms with van der Waals surface area (Å²) in [6.07, 6.45) is 19.9. The largest absolute Gasteiger partial charge is 0.301 e. The molecule has 0 amide bonds. The molecule has 0 heterocycles. The third kappa shape index (κ3) is 15.3. The molecule has 0 spiro atoms. The molecule has 0 bridgehead atoms. The van der Waals surface area contributed by atoms with Gasteiger partial charge >= 0.3 is 0 Å². The van der Waals surface area contributed by atoms with Crippen LogP contribution in [-0.4, -0.2) is 18.4 Å². The monoisotopic (exact) mass is 295 g/mol. The van der Waals surface area contributed by atoms with Crippen molar-refractivity contribution in [1.29, 1.82) is 0 Å². The lowest BCUT2D eigenvalue weighted by Crippen LogP contribution is -2.04. The average Bonchev–Trinajstić information content (AvgIpc) is 2.50. The number of nitrogens with zero attached hydrogens (tertiary/aromatic N) is 1. The van der Waals surface area contributed by atoms with Crippen LogP contribution in [-0.2, 0) is 9.59 Å². The second-order valence-electron chi connectivity index (χ2n) is 5.96. The number of aldehydes is 1. The van der Waals surface area contributed by atoms with E-state index in [1.165, 1.54) is 76.7 Å². The third-order valence-electron chi connectivity index (χ3n) is 3.98. The lowest BCUT2D eigenvalue weighted by Gasteiger charge is -2.04. The van der Waals surface area contributed by atoms with E-state index in [1.807, 2.05) is 0 Å². The molecule has 0 fully saturated rings. The Morgan fingerprint density at radius 3 is 1.62 bits per heavy atom. The summed E-state index contributed by atoms with van der Waals surface area (Å²) < 4.78 is 0. The lowest BCUT2D eigenvalue weighted by atomic mass is 10.0. The zero-order valence-corrected chi connectivity index (χ0v) is 13.8. The van der Waals surface area contributed by atoms with Crippen molar-refractivity contribution in [3.63, 3.8) is 0 Å². The first kappa shape index (κ1) is 20.1. The van der Waals surface area contributed by atoms with Crippen LogP contribution in [0.25, 0.3) is 0 Å². The van der Waals surface area contributed by atoms with Crippen LogP contribution >= 0.6 is 0 Å². The number of carbonyl (C=O) groups excluding carboxylic acids is 2. The highest BCUT2D eigenvalue weighted by Crippen LogP contribution is 2.13. The molecule has 0 saturated heterocycles. The molecule has 0 aromatic carbocycles. The van der Waals surface area contributed by atoms with Crippen LogP contribution in [0, 0.1) is 0 Å². The van der Waals surface area contributed by atoms with E-state index in [0.29, 0.717) is 6.42 Å². The van der Waals surface area contributed by atoms with E-state index in [4.69, 9.17) is 0 Å². The molecule has 3 heteroatoms. The maximum Gasteiger partial charge on any atom is 0.235 e. The Bertz CT molecular complexity index is 272. The van der Waals surface area contributed by atoms with E-state index in [2.05, 4.69) is 11.9 Å². The van der Waals surface area contributed by atoms with Crippen LogP contribution in [0.1, 0.15) is 96.8 Å². The van der Waals surface area contributed by atoms with Crippen molar-refractivity contribution in [2.45, 2.75) is 103 Å². The number of hydrogen-bond donors (Lipinski definition) is 0. The highest BCUT2D eigenvalue weighted by molar-refractivity contribution is 5.59. The van der Waals surface area contributed by atoms with E-state index in [9.17, 15) is 9.59 Å². The Labute approximate surface area is 130 Å². The van der Waals surface area contributed by atoms with Gasteiger partial charge in [0.25, 0.3) is 0 Å². The fraction of sp³-hybridized carbons (Fsp3) is 0.889. The summed E-state index contributed by atoms with van der Waals surface area (Å²) in [5.74, 6) is 0. The van der Waals surface area contributed by atoms with Gasteiger partial charge in [-0.3, -0.25) is 0 Å². The summed E-state index contributed by atoms with van der Waals surface area (Å²) >= 11 is 0. The molecule has 21 heavy (non-hydrogen) atoms. The Morgan fingerprint density at radius 1 is 0.810 bits per heavy atom. The van der Waals surface area contributed by atoms with E-state index in [0.717, 1.165) is 19.1 Å². The van der Waals surface area contributed by atoms with E-state index >= 15 is 0 Å². The summed E-state index contributed by atoms with van der Waals surface area (Å²) in [6, 6.07) is -0.463. The SMILES string of the molecule is CCCCCCCCCCCCCCCC(C=O)N=C=O. The normalized spacial score (nSPS) is 11.9. The first-order valence-corrected chi connectivity index (χ1v) is 8.87. The molecular weight excluding hydrogens is 262 g/mol. The van der Waals surface area contributed by atoms with Crippen molar-refractivity contribution in [2.24, 2.45) is 4.99 Å². The van der Waals surface area contributed by atoms with Gasteiger partial charge < -0.3 is 4.79 Å². The molecule has 0 N–H and O–H groups in total. The van der Waals surface area contributed by atoms with Gasteiger partial charge in [-0.25, -0.2) is 4.79 Å². The number of aliphatic imine (C=N–C) groups is 1. The van der Waals surface area contributed by atoms with Gasteiger partial charge in [-0.1, -0.05) is 90.4 Å². The maximum atomic E-state index is 10.6. The molecule has 0 aliphatic carbocycles. The maximum absolute atomic E-state index is 10.6. The van der Waals surface area contributed by atoms with E-state index in [-0.39, 0.29) is 0 Å². The quantitative estimate of drug-likeness (QED) is 0.166. The first-order valence-electron chi connectivity index (χ1n) is 8.87. The van der Waals surface area contributed by atoms with Crippen LogP contribution in [0.5, 0.6) is 0 Å². The zero-order chi connectivity index (χ0) is 15.6. The van der Waals surface area contributed by atoms with Crippen molar-refractivity contribution in [1.82, 2.24) is 0 Å².